The number of pyridine rings is 1. The van der Waals surface area contributed by atoms with Crippen molar-refractivity contribution >= 4 is 34.0 Å². The molecule has 66 valence electrons. The molecule has 0 amide bonds. The van der Waals surface area contributed by atoms with E-state index in [-0.39, 0.29) is 0 Å². The third-order valence-corrected chi connectivity index (χ3v) is 2.50. The molecule has 0 unspecified atom stereocenters. The number of benzene rings is 1. The summed E-state index contributed by atoms with van der Waals surface area (Å²) >= 11 is 11.7. The summed E-state index contributed by atoms with van der Waals surface area (Å²) in [5.74, 6) is 0. The van der Waals surface area contributed by atoms with Gasteiger partial charge in [-0.25, -0.2) is 4.98 Å². The zero-order chi connectivity index (χ0) is 9.42. The highest BCUT2D eigenvalue weighted by atomic mass is 35.5. The second-order valence-corrected chi connectivity index (χ2v) is 3.65. The minimum absolute atomic E-state index is 0.437. The highest BCUT2D eigenvalue weighted by Gasteiger charge is 2.03. The third kappa shape index (κ3) is 1.50. The van der Waals surface area contributed by atoms with Gasteiger partial charge in [-0.15, -0.1) is 0 Å². The van der Waals surface area contributed by atoms with Crippen LogP contribution in [0.15, 0.2) is 24.3 Å². The lowest BCUT2D eigenvalue weighted by Crippen LogP contribution is -1.83. The Balaban J connectivity index is 2.94. The molecule has 0 saturated heterocycles. The van der Waals surface area contributed by atoms with Gasteiger partial charge in [-0.1, -0.05) is 41.4 Å². The second kappa shape index (κ2) is 3.17. The highest BCUT2D eigenvalue weighted by Crippen LogP contribution is 2.26. The average Bonchev–Trinajstić information content (AvgIpc) is 2.07. The Morgan fingerprint density at radius 2 is 1.92 bits per heavy atom. The summed E-state index contributed by atoms with van der Waals surface area (Å²) in [4.78, 5) is 3.97. The van der Waals surface area contributed by atoms with Crippen LogP contribution in [-0.2, 0) is 0 Å². The minimum atomic E-state index is 0.437. The predicted octanol–water partition coefficient (Wildman–Crippen LogP) is 3.85. The maximum Gasteiger partial charge on any atom is 0.138 e. The molecule has 0 aliphatic carbocycles. The van der Waals surface area contributed by atoms with Gasteiger partial charge in [-0.2, -0.15) is 0 Å². The smallest absolute Gasteiger partial charge is 0.138 e. The number of fused-ring (bicyclic) bond motifs is 1. The van der Waals surface area contributed by atoms with Crippen LogP contribution >= 0.6 is 23.2 Å². The molecule has 0 aliphatic rings. The van der Waals surface area contributed by atoms with Crippen molar-refractivity contribution in [3.05, 3.63) is 40.1 Å². The van der Waals surface area contributed by atoms with Crippen molar-refractivity contribution < 1.29 is 0 Å². The third-order valence-electron chi connectivity index (χ3n) is 2.01. The predicted molar refractivity (Wildman–Crippen MR) is 56.5 cm³/mol. The Labute approximate surface area is 86.3 Å². The number of aryl methyl sites for hydroxylation is 1. The van der Waals surface area contributed by atoms with Crippen molar-refractivity contribution in [3.8, 4) is 0 Å². The van der Waals surface area contributed by atoms with Crippen LogP contribution in [0.2, 0.25) is 10.3 Å². The van der Waals surface area contributed by atoms with Crippen molar-refractivity contribution in [2.75, 3.05) is 0 Å². The first-order valence-electron chi connectivity index (χ1n) is 3.90. The summed E-state index contributed by atoms with van der Waals surface area (Å²) in [5.41, 5.74) is 1.16. The largest absolute Gasteiger partial charge is 0.224 e. The summed E-state index contributed by atoms with van der Waals surface area (Å²) < 4.78 is 0. The van der Waals surface area contributed by atoms with Crippen LogP contribution in [-0.4, -0.2) is 4.98 Å². The molecule has 0 aliphatic heterocycles. The van der Waals surface area contributed by atoms with E-state index >= 15 is 0 Å². The first-order valence-corrected chi connectivity index (χ1v) is 4.65. The molecule has 0 bridgehead atoms. The normalized spacial score (nSPS) is 10.7. The molecule has 2 rings (SSSR count). The van der Waals surface area contributed by atoms with Crippen molar-refractivity contribution in [1.29, 1.82) is 0 Å². The summed E-state index contributed by atoms with van der Waals surface area (Å²) in [6, 6.07) is 7.75. The Morgan fingerprint density at radius 3 is 2.69 bits per heavy atom. The van der Waals surface area contributed by atoms with E-state index < -0.39 is 0 Å². The van der Waals surface area contributed by atoms with E-state index in [4.69, 9.17) is 23.2 Å². The first-order chi connectivity index (χ1) is 6.18. The van der Waals surface area contributed by atoms with Crippen LogP contribution in [0, 0.1) is 6.92 Å². The number of hydrogen-bond donors (Lipinski definition) is 0. The molecule has 1 heterocycles. The van der Waals surface area contributed by atoms with Gasteiger partial charge in [0.15, 0.2) is 0 Å². The van der Waals surface area contributed by atoms with Crippen molar-refractivity contribution in [1.82, 2.24) is 4.98 Å². The number of rotatable bonds is 0. The van der Waals surface area contributed by atoms with Gasteiger partial charge in [-0.3, -0.25) is 0 Å². The summed E-state index contributed by atoms with van der Waals surface area (Å²) in [6.07, 6.45) is 0. The van der Waals surface area contributed by atoms with Crippen LogP contribution in [0.5, 0.6) is 0 Å². The number of hydrogen-bond acceptors (Lipinski definition) is 1. The zero-order valence-electron chi connectivity index (χ0n) is 7.01. The maximum absolute atomic E-state index is 5.94. The van der Waals surface area contributed by atoms with Gasteiger partial charge in [0, 0.05) is 5.39 Å². The monoisotopic (exact) mass is 211 g/mol. The summed E-state index contributed by atoms with van der Waals surface area (Å²) in [6.45, 7) is 2.02. The Hall–Kier alpha value is -0.790. The van der Waals surface area contributed by atoms with Crippen LogP contribution in [0.4, 0.5) is 0 Å². The van der Waals surface area contributed by atoms with E-state index in [9.17, 15) is 0 Å². The van der Waals surface area contributed by atoms with Crippen molar-refractivity contribution in [2.24, 2.45) is 0 Å². The topological polar surface area (TPSA) is 12.9 Å². The fourth-order valence-corrected chi connectivity index (χ4v) is 1.85. The Kier molecular flexibility index (Phi) is 2.14. The molecule has 1 nitrogen and oxygen atoms in total. The molecule has 1 aromatic carbocycles. The van der Waals surface area contributed by atoms with E-state index in [0.717, 1.165) is 16.3 Å². The molecule has 0 saturated carbocycles. The molecular weight excluding hydrogens is 205 g/mol. The maximum atomic E-state index is 5.94. The molecule has 0 fully saturated rings. The average molecular weight is 212 g/mol. The van der Waals surface area contributed by atoms with Gasteiger partial charge < -0.3 is 0 Å². The molecule has 0 spiro atoms. The standard InChI is InChI=1S/C10H7Cl2N/c1-6-3-2-4-7-8(6)5-9(11)13-10(7)12/h2-5H,1H3. The van der Waals surface area contributed by atoms with Gasteiger partial charge in [-0.05, 0) is 23.9 Å². The van der Waals surface area contributed by atoms with E-state index in [1.54, 1.807) is 0 Å². The molecule has 0 radical (unpaired) electrons. The molecule has 0 atom stereocenters. The summed E-state index contributed by atoms with van der Waals surface area (Å²) in [7, 11) is 0. The van der Waals surface area contributed by atoms with Gasteiger partial charge in [0.25, 0.3) is 0 Å². The highest BCUT2D eigenvalue weighted by molar-refractivity contribution is 6.36. The Bertz CT molecular complexity index is 466. The van der Waals surface area contributed by atoms with Crippen LogP contribution in [0.1, 0.15) is 5.56 Å². The number of aromatic nitrogens is 1. The molecule has 3 heteroatoms. The minimum Gasteiger partial charge on any atom is -0.224 e. The first kappa shape index (κ1) is 8.79. The van der Waals surface area contributed by atoms with E-state index in [0.29, 0.717) is 10.3 Å². The van der Waals surface area contributed by atoms with Crippen molar-refractivity contribution in [2.45, 2.75) is 6.92 Å². The van der Waals surface area contributed by atoms with Crippen LogP contribution in [0.3, 0.4) is 0 Å². The molecule has 2 aromatic rings. The zero-order valence-corrected chi connectivity index (χ0v) is 8.52. The quantitative estimate of drug-likeness (QED) is 0.604. The van der Waals surface area contributed by atoms with E-state index in [1.807, 2.05) is 31.2 Å². The van der Waals surface area contributed by atoms with E-state index in [2.05, 4.69) is 4.98 Å². The number of halogens is 2. The lowest BCUT2D eigenvalue weighted by Gasteiger charge is -2.03. The molecule has 1 aromatic heterocycles. The lowest BCUT2D eigenvalue weighted by molar-refractivity contribution is 1.35. The fourth-order valence-electron chi connectivity index (χ4n) is 1.36. The van der Waals surface area contributed by atoms with Gasteiger partial charge in [0.2, 0.25) is 0 Å². The number of nitrogens with zero attached hydrogens (tertiary/aromatic N) is 1. The SMILES string of the molecule is Cc1cccc2c(Cl)nc(Cl)cc12. The Morgan fingerprint density at radius 1 is 1.15 bits per heavy atom. The van der Waals surface area contributed by atoms with Gasteiger partial charge in [0.05, 0.1) is 0 Å². The molecule has 13 heavy (non-hydrogen) atoms. The van der Waals surface area contributed by atoms with E-state index in [1.165, 1.54) is 0 Å². The fraction of sp³-hybridized carbons (Fsp3) is 0.100. The van der Waals surface area contributed by atoms with Gasteiger partial charge >= 0.3 is 0 Å². The van der Waals surface area contributed by atoms with Crippen LogP contribution < -0.4 is 0 Å². The lowest BCUT2D eigenvalue weighted by atomic mass is 10.1. The molecule has 0 N–H and O–H groups in total. The molecular formula is C10H7Cl2N. The van der Waals surface area contributed by atoms with Crippen LogP contribution in [0.25, 0.3) is 10.8 Å². The van der Waals surface area contributed by atoms with Crippen molar-refractivity contribution in [3.63, 3.8) is 0 Å². The second-order valence-electron chi connectivity index (χ2n) is 2.91. The van der Waals surface area contributed by atoms with Gasteiger partial charge in [0.1, 0.15) is 10.3 Å². The summed E-state index contributed by atoms with van der Waals surface area (Å²) in [5, 5.41) is 2.91.